The van der Waals surface area contributed by atoms with Crippen LogP contribution in [0.3, 0.4) is 0 Å². The monoisotopic (exact) mass is 600 g/mol. The van der Waals surface area contributed by atoms with Gasteiger partial charge in [0.25, 0.3) is 0 Å². The van der Waals surface area contributed by atoms with Crippen LogP contribution >= 0.6 is 0 Å². The first-order valence-corrected chi connectivity index (χ1v) is 17.7. The molecule has 2 aliphatic carbocycles. The molecule has 4 aromatic carbocycles. The van der Waals surface area contributed by atoms with Crippen molar-refractivity contribution in [2.45, 2.75) is 101 Å². The Morgan fingerprint density at radius 3 is 1.07 bits per heavy atom. The maximum atomic E-state index is 12.0. The lowest BCUT2D eigenvalue weighted by molar-refractivity contribution is 0.00266. The van der Waals surface area contributed by atoms with Gasteiger partial charge in [-0.2, -0.15) is 0 Å². The fourth-order valence-corrected chi connectivity index (χ4v) is 9.11. The van der Waals surface area contributed by atoms with Gasteiger partial charge < -0.3 is 10.2 Å². The number of aliphatic hydroxyl groups is 2. The van der Waals surface area contributed by atoms with Crippen LogP contribution < -0.4 is 0 Å². The van der Waals surface area contributed by atoms with Crippen molar-refractivity contribution in [1.29, 1.82) is 0 Å². The van der Waals surface area contributed by atoms with Crippen molar-refractivity contribution in [3.8, 4) is 0 Å². The van der Waals surface area contributed by atoms with Gasteiger partial charge >= 0.3 is 0 Å². The largest absolute Gasteiger partial charge is 0.392 e. The lowest BCUT2D eigenvalue weighted by atomic mass is 9.58. The second-order valence-electron chi connectivity index (χ2n) is 14.0. The quantitative estimate of drug-likeness (QED) is 0.168. The van der Waals surface area contributed by atoms with Crippen LogP contribution in [-0.4, -0.2) is 22.4 Å². The normalized spacial score (nSPS) is 29.2. The summed E-state index contributed by atoms with van der Waals surface area (Å²) < 4.78 is 0. The molecule has 0 bridgehead atoms. The summed E-state index contributed by atoms with van der Waals surface area (Å²) in [4.78, 5) is 0. The standard InChI is InChI=1S/C43H52O2/c1-2-3-4-17-26-37(35-27-38(31-18-9-5-10-19-31)42(44)39(28-35)32-20-11-6-12-21-32)36-29-40(33-22-13-7-14-23-33)43(45)41(30-36)34-24-15-8-16-25-34/h5-16,18-25,35-45H,2-4,17,26-30H2,1H3. The molecule has 2 N–H and O–H groups in total. The van der Waals surface area contributed by atoms with Crippen molar-refractivity contribution in [3.63, 3.8) is 0 Å². The molecule has 45 heavy (non-hydrogen) atoms. The zero-order chi connectivity index (χ0) is 31.0. The van der Waals surface area contributed by atoms with Gasteiger partial charge in [0, 0.05) is 23.7 Å². The van der Waals surface area contributed by atoms with E-state index in [1.54, 1.807) is 0 Å². The first-order chi connectivity index (χ1) is 22.1. The highest BCUT2D eigenvalue weighted by molar-refractivity contribution is 5.30. The second-order valence-corrected chi connectivity index (χ2v) is 14.0. The van der Waals surface area contributed by atoms with E-state index in [0.717, 1.165) is 25.7 Å². The third-order valence-corrected chi connectivity index (χ3v) is 11.4. The molecule has 4 aromatic rings. The molecule has 0 spiro atoms. The van der Waals surface area contributed by atoms with Gasteiger partial charge in [0.05, 0.1) is 12.2 Å². The van der Waals surface area contributed by atoms with Gasteiger partial charge in [0.15, 0.2) is 0 Å². The van der Waals surface area contributed by atoms with E-state index in [2.05, 4.69) is 128 Å². The molecule has 4 unspecified atom stereocenters. The third kappa shape index (κ3) is 7.45. The summed E-state index contributed by atoms with van der Waals surface area (Å²) in [6.07, 6.45) is 9.62. The van der Waals surface area contributed by atoms with E-state index < -0.39 is 12.2 Å². The fourth-order valence-electron chi connectivity index (χ4n) is 9.11. The molecule has 0 aliphatic heterocycles. The van der Waals surface area contributed by atoms with E-state index in [1.165, 1.54) is 54.4 Å². The topological polar surface area (TPSA) is 40.5 Å². The Kier molecular flexibility index (Phi) is 10.9. The summed E-state index contributed by atoms with van der Waals surface area (Å²) in [7, 11) is 0. The molecule has 2 fully saturated rings. The summed E-state index contributed by atoms with van der Waals surface area (Å²) in [6, 6.07) is 43.2. The minimum Gasteiger partial charge on any atom is -0.392 e. The lowest BCUT2D eigenvalue weighted by Crippen LogP contribution is -2.42. The Morgan fingerprint density at radius 2 is 0.778 bits per heavy atom. The zero-order valence-electron chi connectivity index (χ0n) is 27.0. The third-order valence-electron chi connectivity index (χ3n) is 11.4. The summed E-state index contributed by atoms with van der Waals surface area (Å²) in [5.74, 6) is 2.07. The number of unbranched alkanes of at least 4 members (excludes halogenated alkanes) is 3. The molecule has 0 amide bonds. The molecule has 4 atom stereocenters. The van der Waals surface area contributed by atoms with Crippen LogP contribution in [0.15, 0.2) is 121 Å². The van der Waals surface area contributed by atoms with Crippen molar-refractivity contribution >= 4 is 0 Å². The summed E-state index contributed by atoms with van der Waals surface area (Å²) >= 11 is 0. The summed E-state index contributed by atoms with van der Waals surface area (Å²) in [6.45, 7) is 2.30. The van der Waals surface area contributed by atoms with E-state index in [4.69, 9.17) is 0 Å². The minimum absolute atomic E-state index is 0.123. The van der Waals surface area contributed by atoms with Gasteiger partial charge in [-0.1, -0.05) is 154 Å². The van der Waals surface area contributed by atoms with Crippen molar-refractivity contribution in [2.75, 3.05) is 0 Å². The molecule has 0 radical (unpaired) electrons. The van der Waals surface area contributed by atoms with Crippen molar-refractivity contribution in [1.82, 2.24) is 0 Å². The molecular formula is C43H52O2. The van der Waals surface area contributed by atoms with Crippen LogP contribution in [0.2, 0.25) is 0 Å². The molecular weight excluding hydrogens is 548 g/mol. The molecule has 236 valence electrons. The molecule has 2 nitrogen and oxygen atoms in total. The van der Waals surface area contributed by atoms with E-state index in [1.807, 2.05) is 0 Å². The Morgan fingerprint density at radius 1 is 0.467 bits per heavy atom. The van der Waals surface area contributed by atoms with Gasteiger partial charge in [-0.3, -0.25) is 0 Å². The predicted octanol–water partition coefficient (Wildman–Crippen LogP) is 10.2. The lowest BCUT2D eigenvalue weighted by Gasteiger charge is -2.48. The number of hydrogen-bond acceptors (Lipinski definition) is 2. The highest BCUT2D eigenvalue weighted by Gasteiger charge is 2.46. The predicted molar refractivity (Wildman–Crippen MR) is 186 cm³/mol. The zero-order valence-corrected chi connectivity index (χ0v) is 27.0. The Labute approximate surface area is 271 Å². The van der Waals surface area contributed by atoms with E-state index in [0.29, 0.717) is 17.8 Å². The molecule has 6 rings (SSSR count). The molecule has 2 saturated carbocycles. The first kappa shape index (κ1) is 31.8. The Balaban J connectivity index is 1.38. The minimum atomic E-state index is -0.394. The molecule has 2 heteroatoms. The van der Waals surface area contributed by atoms with Gasteiger partial charge in [0.2, 0.25) is 0 Å². The van der Waals surface area contributed by atoms with Crippen molar-refractivity contribution in [3.05, 3.63) is 144 Å². The van der Waals surface area contributed by atoms with Crippen LogP contribution in [-0.2, 0) is 0 Å². The highest BCUT2D eigenvalue weighted by atomic mass is 16.3. The highest BCUT2D eigenvalue weighted by Crippen LogP contribution is 2.54. The molecule has 0 aromatic heterocycles. The van der Waals surface area contributed by atoms with E-state index in [-0.39, 0.29) is 23.7 Å². The average molecular weight is 601 g/mol. The van der Waals surface area contributed by atoms with Crippen LogP contribution in [0, 0.1) is 17.8 Å². The number of aliphatic hydroxyl groups excluding tert-OH is 2. The van der Waals surface area contributed by atoms with E-state index >= 15 is 0 Å². The number of benzene rings is 4. The second kappa shape index (κ2) is 15.4. The maximum Gasteiger partial charge on any atom is 0.0677 e. The van der Waals surface area contributed by atoms with Crippen molar-refractivity contribution < 1.29 is 10.2 Å². The Bertz CT molecular complexity index is 1200. The van der Waals surface area contributed by atoms with Crippen LogP contribution in [0.4, 0.5) is 0 Å². The van der Waals surface area contributed by atoms with Gasteiger partial charge in [-0.25, -0.2) is 0 Å². The van der Waals surface area contributed by atoms with Crippen molar-refractivity contribution in [2.24, 2.45) is 17.8 Å². The number of hydrogen-bond donors (Lipinski definition) is 2. The van der Waals surface area contributed by atoms with Gasteiger partial charge in [0.1, 0.15) is 0 Å². The fraction of sp³-hybridized carbons (Fsp3) is 0.442. The van der Waals surface area contributed by atoms with Crippen LogP contribution in [0.25, 0.3) is 0 Å². The molecule has 0 saturated heterocycles. The smallest absolute Gasteiger partial charge is 0.0677 e. The van der Waals surface area contributed by atoms with Gasteiger partial charge in [-0.15, -0.1) is 0 Å². The first-order valence-electron chi connectivity index (χ1n) is 17.7. The number of rotatable bonds is 11. The SMILES string of the molecule is CCCCCCC(C1CC(c2ccccc2)C(O)C(c2ccccc2)C1)C1CC(c2ccccc2)C(O)C(c2ccccc2)C1. The summed E-state index contributed by atoms with van der Waals surface area (Å²) in [5.41, 5.74) is 5.07. The maximum absolute atomic E-state index is 12.0. The van der Waals surface area contributed by atoms with Crippen LogP contribution in [0.1, 0.15) is 111 Å². The summed E-state index contributed by atoms with van der Waals surface area (Å²) in [5, 5.41) is 23.9. The molecule has 2 aliphatic rings. The Hall–Kier alpha value is -3.20. The van der Waals surface area contributed by atoms with Gasteiger partial charge in [-0.05, 0) is 72.1 Å². The van der Waals surface area contributed by atoms with Crippen LogP contribution in [0.5, 0.6) is 0 Å². The molecule has 0 heterocycles. The van der Waals surface area contributed by atoms with E-state index in [9.17, 15) is 10.2 Å². The average Bonchev–Trinajstić information content (AvgIpc) is 3.10.